The van der Waals surface area contributed by atoms with Gasteiger partial charge in [0.2, 0.25) is 11.7 Å². The molecule has 0 saturated heterocycles. The number of hydrogen-bond acceptors (Lipinski definition) is 4. The van der Waals surface area contributed by atoms with Crippen LogP contribution in [-0.2, 0) is 9.53 Å². The number of benzene rings is 2. The van der Waals surface area contributed by atoms with Gasteiger partial charge in [-0.1, -0.05) is 6.07 Å². The van der Waals surface area contributed by atoms with Gasteiger partial charge in [0.1, 0.15) is 5.82 Å². The minimum atomic E-state index is -0.664. The Balaban J connectivity index is 1.72. The highest BCUT2D eigenvalue weighted by molar-refractivity contribution is 6.01. The highest BCUT2D eigenvalue weighted by atomic mass is 19.1. The highest BCUT2D eigenvalue weighted by Gasteiger charge is 2.19. The summed E-state index contributed by atoms with van der Waals surface area (Å²) < 4.78 is 20.2. The molecule has 0 aliphatic rings. The Kier molecular flexibility index (Phi) is 6.11. The van der Waals surface area contributed by atoms with Crippen LogP contribution in [0.3, 0.4) is 0 Å². The van der Waals surface area contributed by atoms with Gasteiger partial charge in [-0.2, -0.15) is 0 Å². The molecule has 0 aliphatic carbocycles. The van der Waals surface area contributed by atoms with Crippen LogP contribution in [0.15, 0.2) is 54.6 Å². The molecule has 1 N–H and O–H groups in total. The summed E-state index contributed by atoms with van der Waals surface area (Å²) in [4.78, 5) is 36.1. The lowest BCUT2D eigenvalue weighted by molar-refractivity contribution is -0.114. The second kappa shape index (κ2) is 8.73. The zero-order valence-electron chi connectivity index (χ0n) is 16.9. The average Bonchev–Trinajstić information content (AvgIpc) is 3.00. The predicted octanol–water partition coefficient (Wildman–Crippen LogP) is 4.23. The molecule has 0 bridgehead atoms. The van der Waals surface area contributed by atoms with Gasteiger partial charge in [-0.05, 0) is 62.4 Å². The molecule has 0 atom stereocenters. The number of ether oxygens (including phenoxy) is 1. The molecule has 0 saturated carbocycles. The fourth-order valence-electron chi connectivity index (χ4n) is 3.25. The number of ketones is 1. The van der Waals surface area contributed by atoms with Gasteiger partial charge in [0.05, 0.1) is 5.56 Å². The number of halogens is 1. The first kappa shape index (κ1) is 21.0. The summed E-state index contributed by atoms with van der Waals surface area (Å²) in [6, 6.07) is 14.0. The largest absolute Gasteiger partial charge is 0.454 e. The third-order valence-corrected chi connectivity index (χ3v) is 4.57. The van der Waals surface area contributed by atoms with Crippen molar-refractivity contribution in [2.24, 2.45) is 0 Å². The van der Waals surface area contributed by atoms with Crippen LogP contribution in [0.2, 0.25) is 0 Å². The van der Waals surface area contributed by atoms with Crippen molar-refractivity contribution in [1.29, 1.82) is 0 Å². The van der Waals surface area contributed by atoms with Crippen LogP contribution in [0.4, 0.5) is 10.1 Å². The van der Waals surface area contributed by atoms with Gasteiger partial charge < -0.3 is 14.6 Å². The molecule has 0 radical (unpaired) electrons. The maximum Gasteiger partial charge on any atom is 0.338 e. The van der Waals surface area contributed by atoms with E-state index in [0.717, 1.165) is 11.4 Å². The molecule has 1 heterocycles. The van der Waals surface area contributed by atoms with E-state index in [2.05, 4.69) is 5.32 Å². The van der Waals surface area contributed by atoms with E-state index in [1.807, 2.05) is 11.5 Å². The number of carbonyl (C=O) groups is 3. The first-order chi connectivity index (χ1) is 14.3. The van der Waals surface area contributed by atoms with Crippen molar-refractivity contribution in [1.82, 2.24) is 4.57 Å². The summed E-state index contributed by atoms with van der Waals surface area (Å²) in [5.74, 6) is -1.61. The lowest BCUT2D eigenvalue weighted by Gasteiger charge is -2.10. The number of anilines is 1. The Labute approximate surface area is 173 Å². The maximum atomic E-state index is 13.2. The van der Waals surface area contributed by atoms with E-state index in [4.69, 9.17) is 4.74 Å². The molecule has 3 aromatic rings. The Morgan fingerprint density at radius 1 is 1.03 bits per heavy atom. The zero-order valence-corrected chi connectivity index (χ0v) is 16.9. The van der Waals surface area contributed by atoms with Gasteiger partial charge in [-0.25, -0.2) is 9.18 Å². The minimum absolute atomic E-state index is 0.228. The second-order valence-corrected chi connectivity index (χ2v) is 6.86. The molecular weight excluding hydrogens is 387 g/mol. The van der Waals surface area contributed by atoms with E-state index in [-0.39, 0.29) is 23.1 Å². The van der Waals surface area contributed by atoms with Crippen molar-refractivity contribution in [2.75, 3.05) is 11.9 Å². The average molecular weight is 408 g/mol. The number of esters is 1. The Morgan fingerprint density at radius 3 is 2.40 bits per heavy atom. The predicted molar refractivity (Wildman–Crippen MR) is 111 cm³/mol. The topological polar surface area (TPSA) is 77.4 Å². The van der Waals surface area contributed by atoms with Crippen LogP contribution in [0.5, 0.6) is 0 Å². The van der Waals surface area contributed by atoms with Crippen LogP contribution >= 0.6 is 0 Å². The van der Waals surface area contributed by atoms with Gasteiger partial charge in [0.15, 0.2) is 6.61 Å². The van der Waals surface area contributed by atoms with Gasteiger partial charge in [-0.3, -0.25) is 9.59 Å². The third-order valence-electron chi connectivity index (χ3n) is 4.57. The van der Waals surface area contributed by atoms with Crippen molar-refractivity contribution in [3.63, 3.8) is 0 Å². The Hall–Kier alpha value is -3.74. The Bertz CT molecular complexity index is 1120. The van der Waals surface area contributed by atoms with Crippen molar-refractivity contribution < 1.29 is 23.5 Å². The third kappa shape index (κ3) is 4.63. The summed E-state index contributed by atoms with van der Waals surface area (Å²) in [6.07, 6.45) is 0. The smallest absolute Gasteiger partial charge is 0.338 e. The molecule has 6 nitrogen and oxygen atoms in total. The van der Waals surface area contributed by atoms with E-state index in [0.29, 0.717) is 16.9 Å². The van der Waals surface area contributed by atoms with Crippen LogP contribution in [-0.4, -0.2) is 28.8 Å². The molecular formula is C23H21FN2O4. The molecule has 0 unspecified atom stereocenters. The molecule has 154 valence electrons. The minimum Gasteiger partial charge on any atom is -0.454 e. The number of aromatic nitrogens is 1. The molecule has 3 rings (SSSR count). The summed E-state index contributed by atoms with van der Waals surface area (Å²) in [6.45, 7) is 4.57. The zero-order chi connectivity index (χ0) is 21.8. The van der Waals surface area contributed by atoms with Crippen molar-refractivity contribution in [2.45, 2.75) is 20.8 Å². The molecule has 2 aromatic carbocycles. The number of amides is 1. The monoisotopic (exact) mass is 408 g/mol. The lowest BCUT2D eigenvalue weighted by atomic mass is 10.1. The van der Waals surface area contributed by atoms with E-state index in [9.17, 15) is 18.8 Å². The Morgan fingerprint density at radius 2 is 1.73 bits per heavy atom. The molecule has 0 aliphatic heterocycles. The fraction of sp³-hybridized carbons (Fsp3) is 0.174. The number of carbonyl (C=O) groups excluding carboxylic acids is 3. The van der Waals surface area contributed by atoms with Gasteiger partial charge in [0, 0.05) is 35.2 Å². The van der Waals surface area contributed by atoms with Gasteiger partial charge in [0.25, 0.3) is 0 Å². The molecule has 1 amide bonds. The molecule has 0 fully saturated rings. The molecule has 30 heavy (non-hydrogen) atoms. The summed E-state index contributed by atoms with van der Waals surface area (Å²) in [5, 5.41) is 2.59. The number of nitrogens with one attached hydrogen (secondary N) is 1. The molecule has 7 heteroatoms. The van der Waals surface area contributed by atoms with Crippen LogP contribution in [0.1, 0.15) is 39.0 Å². The number of rotatable bonds is 6. The van der Waals surface area contributed by atoms with Crippen LogP contribution < -0.4 is 5.32 Å². The summed E-state index contributed by atoms with van der Waals surface area (Å²) >= 11 is 0. The highest BCUT2D eigenvalue weighted by Crippen LogP contribution is 2.22. The maximum absolute atomic E-state index is 13.2. The second-order valence-electron chi connectivity index (χ2n) is 6.86. The quantitative estimate of drug-likeness (QED) is 0.489. The fourth-order valence-corrected chi connectivity index (χ4v) is 3.25. The molecule has 0 spiro atoms. The lowest BCUT2D eigenvalue weighted by Crippen LogP contribution is -2.15. The first-order valence-electron chi connectivity index (χ1n) is 9.29. The standard InChI is InChI=1S/C23H21FN2O4/c1-14-11-21(15(2)26(14)20-9-7-18(24)8-10-20)22(28)13-30-23(29)17-5-4-6-19(12-17)25-16(3)27/h4-12H,13H2,1-3H3,(H,25,27). The van der Waals surface area contributed by atoms with Gasteiger partial charge in [-0.15, -0.1) is 0 Å². The van der Waals surface area contributed by atoms with Gasteiger partial charge >= 0.3 is 5.97 Å². The summed E-state index contributed by atoms with van der Waals surface area (Å²) in [7, 11) is 0. The number of aryl methyl sites for hydroxylation is 1. The van der Waals surface area contributed by atoms with E-state index in [1.54, 1.807) is 43.3 Å². The van der Waals surface area contributed by atoms with E-state index < -0.39 is 12.6 Å². The van der Waals surface area contributed by atoms with E-state index in [1.165, 1.54) is 25.1 Å². The van der Waals surface area contributed by atoms with E-state index >= 15 is 0 Å². The number of nitrogens with zero attached hydrogens (tertiary/aromatic N) is 1. The van der Waals surface area contributed by atoms with Crippen molar-refractivity contribution in [3.05, 3.63) is 82.9 Å². The normalized spacial score (nSPS) is 10.5. The summed E-state index contributed by atoms with van der Waals surface area (Å²) in [5.41, 5.74) is 3.33. The molecule has 1 aromatic heterocycles. The van der Waals surface area contributed by atoms with Crippen LogP contribution in [0, 0.1) is 19.7 Å². The number of Topliss-reactive ketones (excluding diaryl/α,β-unsaturated/α-hetero) is 1. The SMILES string of the molecule is CC(=O)Nc1cccc(C(=O)OCC(=O)c2cc(C)n(-c3ccc(F)cc3)c2C)c1. The van der Waals surface area contributed by atoms with Crippen molar-refractivity contribution >= 4 is 23.3 Å². The van der Waals surface area contributed by atoms with Crippen LogP contribution in [0.25, 0.3) is 5.69 Å². The number of hydrogen-bond donors (Lipinski definition) is 1. The first-order valence-corrected chi connectivity index (χ1v) is 9.29. The van der Waals surface area contributed by atoms with Crippen molar-refractivity contribution in [3.8, 4) is 5.69 Å².